The van der Waals surface area contributed by atoms with Crippen molar-refractivity contribution in [1.82, 2.24) is 19.8 Å². The molecule has 1 aromatic heterocycles. The van der Waals surface area contributed by atoms with Crippen molar-refractivity contribution in [2.45, 2.75) is 38.3 Å². The third kappa shape index (κ3) is 4.50. The fourth-order valence-corrected chi connectivity index (χ4v) is 3.51. The molecule has 0 unspecified atom stereocenters. The van der Waals surface area contributed by atoms with Crippen LogP contribution >= 0.6 is 0 Å². The molecule has 0 saturated heterocycles. The van der Waals surface area contributed by atoms with Crippen molar-refractivity contribution in [3.63, 3.8) is 0 Å². The van der Waals surface area contributed by atoms with Crippen LogP contribution in [0.25, 0.3) is 0 Å². The van der Waals surface area contributed by atoms with E-state index in [2.05, 4.69) is 15.1 Å². The fraction of sp³-hybridized carbons (Fsp3) is 0.444. The maximum atomic E-state index is 12.6. The van der Waals surface area contributed by atoms with E-state index >= 15 is 0 Å². The lowest BCUT2D eigenvalue weighted by molar-refractivity contribution is 0.0939. The second kappa shape index (κ2) is 7.59. The van der Waals surface area contributed by atoms with Crippen LogP contribution in [-0.4, -0.2) is 30.4 Å². The highest BCUT2D eigenvalue weighted by molar-refractivity contribution is 7.88. The predicted molar refractivity (Wildman–Crippen MR) is 99.1 cm³/mol. The quantitative estimate of drug-likeness (QED) is 0.769. The molecule has 0 bridgehead atoms. The number of hydrogen-bond donors (Lipinski definition) is 2. The van der Waals surface area contributed by atoms with Crippen LogP contribution in [0.15, 0.2) is 30.5 Å². The molecule has 140 valence electrons. The summed E-state index contributed by atoms with van der Waals surface area (Å²) in [7, 11) is -1.45. The minimum absolute atomic E-state index is 0.133. The molecule has 7 nitrogen and oxygen atoms in total. The largest absolute Gasteiger partial charge is 0.347 e. The van der Waals surface area contributed by atoms with Crippen LogP contribution in [0.1, 0.15) is 52.4 Å². The van der Waals surface area contributed by atoms with Gasteiger partial charge in [-0.15, -0.1) is 0 Å². The normalized spacial score (nSPS) is 14.8. The molecule has 1 amide bonds. The Morgan fingerprint density at radius 2 is 1.96 bits per heavy atom. The highest BCUT2D eigenvalue weighted by Crippen LogP contribution is 2.37. The van der Waals surface area contributed by atoms with Gasteiger partial charge in [0.25, 0.3) is 5.91 Å². The van der Waals surface area contributed by atoms with Gasteiger partial charge in [0.2, 0.25) is 10.0 Å². The second-order valence-corrected chi connectivity index (χ2v) is 8.63. The van der Waals surface area contributed by atoms with E-state index in [1.165, 1.54) is 6.42 Å². The maximum Gasteiger partial charge on any atom is 0.270 e. The summed E-state index contributed by atoms with van der Waals surface area (Å²) < 4.78 is 26.5. The number of aromatic nitrogens is 2. The Bertz CT molecular complexity index is 901. The van der Waals surface area contributed by atoms with Gasteiger partial charge in [-0.1, -0.05) is 30.7 Å². The van der Waals surface area contributed by atoms with E-state index in [0.717, 1.165) is 35.8 Å². The van der Waals surface area contributed by atoms with Gasteiger partial charge in [-0.05, 0) is 29.9 Å². The van der Waals surface area contributed by atoms with Crippen molar-refractivity contribution in [2.24, 2.45) is 7.05 Å². The second-order valence-electron chi connectivity index (χ2n) is 6.80. The average Bonchev–Trinajstić information content (AvgIpc) is 2.90. The lowest BCUT2D eigenvalue weighted by Crippen LogP contribution is -2.27. The summed E-state index contributed by atoms with van der Waals surface area (Å²) in [5.41, 5.74) is 3.42. The standard InChI is InChI=1S/C18H24N4O3S/c1-22-17(16(12-20-22)15-7-4-8-15)18(23)19-10-13-5-3-6-14(9-13)11-21-26(2,24)25/h3,5-6,9,12,15,21H,4,7-8,10-11H2,1-2H3,(H,19,23). The highest BCUT2D eigenvalue weighted by Gasteiger charge is 2.27. The minimum Gasteiger partial charge on any atom is -0.347 e. The molecule has 8 heteroatoms. The zero-order valence-electron chi connectivity index (χ0n) is 15.0. The van der Waals surface area contributed by atoms with Crippen molar-refractivity contribution in [1.29, 1.82) is 0 Å². The lowest BCUT2D eigenvalue weighted by atomic mass is 9.80. The molecule has 1 fully saturated rings. The average molecular weight is 376 g/mol. The Morgan fingerprint density at radius 3 is 2.58 bits per heavy atom. The zero-order chi connectivity index (χ0) is 18.7. The number of hydrogen-bond acceptors (Lipinski definition) is 4. The van der Waals surface area contributed by atoms with Gasteiger partial charge in [-0.25, -0.2) is 13.1 Å². The van der Waals surface area contributed by atoms with Gasteiger partial charge in [0.15, 0.2) is 0 Å². The zero-order valence-corrected chi connectivity index (χ0v) is 15.8. The van der Waals surface area contributed by atoms with Crippen LogP contribution < -0.4 is 10.0 Å². The van der Waals surface area contributed by atoms with Gasteiger partial charge in [0.1, 0.15) is 5.69 Å². The van der Waals surface area contributed by atoms with Crippen LogP contribution in [0.5, 0.6) is 0 Å². The van der Waals surface area contributed by atoms with Crippen LogP contribution in [0.3, 0.4) is 0 Å². The van der Waals surface area contributed by atoms with E-state index < -0.39 is 10.0 Å². The first-order chi connectivity index (χ1) is 12.3. The number of amides is 1. The molecule has 0 atom stereocenters. The molecule has 1 aliphatic rings. The lowest BCUT2D eigenvalue weighted by Gasteiger charge is -2.25. The third-order valence-corrected chi connectivity index (χ3v) is 5.38. The minimum atomic E-state index is -3.23. The van der Waals surface area contributed by atoms with Crippen molar-refractivity contribution in [2.75, 3.05) is 6.26 Å². The van der Waals surface area contributed by atoms with E-state index in [1.54, 1.807) is 17.9 Å². The topological polar surface area (TPSA) is 93.1 Å². The van der Waals surface area contributed by atoms with E-state index in [4.69, 9.17) is 0 Å². The molecular formula is C18H24N4O3S. The van der Waals surface area contributed by atoms with Crippen molar-refractivity contribution < 1.29 is 13.2 Å². The number of nitrogens with zero attached hydrogens (tertiary/aromatic N) is 2. The van der Waals surface area contributed by atoms with E-state index in [0.29, 0.717) is 18.2 Å². The summed E-state index contributed by atoms with van der Waals surface area (Å²) >= 11 is 0. The number of carbonyl (C=O) groups excluding carboxylic acids is 1. The monoisotopic (exact) mass is 376 g/mol. The molecule has 0 aliphatic heterocycles. The molecule has 2 N–H and O–H groups in total. The summed E-state index contributed by atoms with van der Waals surface area (Å²) in [5.74, 6) is 0.307. The Kier molecular flexibility index (Phi) is 5.43. The van der Waals surface area contributed by atoms with Crippen LogP contribution in [0.4, 0.5) is 0 Å². The Labute approximate surface area is 153 Å². The molecule has 26 heavy (non-hydrogen) atoms. The first-order valence-electron chi connectivity index (χ1n) is 8.66. The Morgan fingerprint density at radius 1 is 1.27 bits per heavy atom. The Balaban J connectivity index is 1.64. The van der Waals surface area contributed by atoms with E-state index in [9.17, 15) is 13.2 Å². The number of aryl methyl sites for hydroxylation is 1. The van der Waals surface area contributed by atoms with Gasteiger partial charge in [0, 0.05) is 25.7 Å². The van der Waals surface area contributed by atoms with Gasteiger partial charge in [-0.2, -0.15) is 5.10 Å². The smallest absolute Gasteiger partial charge is 0.270 e. The molecule has 1 aliphatic carbocycles. The molecular weight excluding hydrogens is 352 g/mol. The van der Waals surface area contributed by atoms with Gasteiger partial charge >= 0.3 is 0 Å². The third-order valence-electron chi connectivity index (χ3n) is 4.71. The summed E-state index contributed by atoms with van der Waals surface area (Å²) in [6, 6.07) is 7.48. The first kappa shape index (κ1) is 18.6. The summed E-state index contributed by atoms with van der Waals surface area (Å²) in [4.78, 5) is 12.6. The SMILES string of the molecule is Cn1ncc(C2CCC2)c1C(=O)NCc1cccc(CNS(C)(=O)=O)c1. The summed E-state index contributed by atoms with van der Waals surface area (Å²) in [6.07, 6.45) is 6.36. The molecule has 1 saturated carbocycles. The number of benzene rings is 1. The van der Waals surface area contributed by atoms with Crippen LogP contribution in [0, 0.1) is 0 Å². The van der Waals surface area contributed by atoms with Crippen molar-refractivity contribution in [3.05, 3.63) is 52.8 Å². The number of rotatable bonds is 7. The van der Waals surface area contributed by atoms with Crippen molar-refractivity contribution in [3.8, 4) is 0 Å². The Hall–Kier alpha value is -2.19. The molecule has 1 aromatic carbocycles. The maximum absolute atomic E-state index is 12.6. The molecule has 2 aromatic rings. The van der Waals surface area contributed by atoms with Crippen molar-refractivity contribution >= 4 is 15.9 Å². The number of nitrogens with one attached hydrogen (secondary N) is 2. The first-order valence-corrected chi connectivity index (χ1v) is 10.5. The van der Waals surface area contributed by atoms with Crippen LogP contribution in [0.2, 0.25) is 0 Å². The molecule has 0 radical (unpaired) electrons. The fourth-order valence-electron chi connectivity index (χ4n) is 3.08. The van der Waals surface area contributed by atoms with E-state index in [-0.39, 0.29) is 12.5 Å². The molecule has 1 heterocycles. The van der Waals surface area contributed by atoms with Gasteiger partial charge in [-0.3, -0.25) is 9.48 Å². The summed E-state index contributed by atoms with van der Waals surface area (Å²) in [6.45, 7) is 0.606. The van der Waals surface area contributed by atoms with E-state index in [1.807, 2.05) is 24.3 Å². The molecule has 3 rings (SSSR count). The number of carbonyl (C=O) groups is 1. The number of sulfonamides is 1. The highest BCUT2D eigenvalue weighted by atomic mass is 32.2. The van der Waals surface area contributed by atoms with Crippen LogP contribution in [-0.2, 0) is 30.2 Å². The van der Waals surface area contributed by atoms with Gasteiger partial charge in [0.05, 0.1) is 12.5 Å². The van der Waals surface area contributed by atoms with Gasteiger partial charge < -0.3 is 5.32 Å². The molecule has 0 spiro atoms. The summed E-state index contributed by atoms with van der Waals surface area (Å²) in [5, 5.41) is 7.19. The predicted octanol–water partition coefficient (Wildman–Crippen LogP) is 1.67.